The third-order valence-electron chi connectivity index (χ3n) is 7.62. The van der Waals surface area contributed by atoms with Crippen LogP contribution in [-0.2, 0) is 10.2 Å². The largest absolute Gasteiger partial charge is 0.494 e. The van der Waals surface area contributed by atoms with Crippen LogP contribution >= 0.6 is 0 Å². The molecule has 1 aromatic rings. The first-order valence-corrected chi connectivity index (χ1v) is 12.5. The van der Waals surface area contributed by atoms with Crippen LogP contribution in [0.3, 0.4) is 0 Å². The second-order valence-corrected chi connectivity index (χ2v) is 10.0. The molecule has 1 saturated carbocycles. The second-order valence-electron chi connectivity index (χ2n) is 10.0. The van der Waals surface area contributed by atoms with Crippen LogP contribution < -0.4 is 4.74 Å². The van der Waals surface area contributed by atoms with E-state index in [-0.39, 0.29) is 5.41 Å². The zero-order valence-corrected chi connectivity index (χ0v) is 19.1. The minimum atomic E-state index is 0.222. The molecule has 1 aliphatic carbocycles. The topological polar surface area (TPSA) is 24.9 Å². The zero-order valence-electron chi connectivity index (χ0n) is 19.1. The lowest BCUT2D eigenvalue weighted by atomic mass is 9.73. The van der Waals surface area contributed by atoms with Gasteiger partial charge in [0.2, 0.25) is 0 Å². The van der Waals surface area contributed by atoms with Gasteiger partial charge in [-0.1, -0.05) is 25.0 Å². The summed E-state index contributed by atoms with van der Waals surface area (Å²) < 4.78 is 11.8. The number of hydrogen-bond donors (Lipinski definition) is 0. The van der Waals surface area contributed by atoms with Gasteiger partial charge in [0.1, 0.15) is 5.75 Å². The number of likely N-dealkylation sites (N-methyl/N-ethyl adjacent to an activating group) is 1. The molecule has 30 heavy (non-hydrogen) atoms. The molecule has 4 rings (SSSR count). The average molecular weight is 415 g/mol. The van der Waals surface area contributed by atoms with Crippen molar-refractivity contribution in [1.82, 2.24) is 9.80 Å². The maximum atomic E-state index is 6.05. The van der Waals surface area contributed by atoms with Gasteiger partial charge in [-0.15, -0.1) is 0 Å². The Bertz CT molecular complexity index is 614. The second kappa shape index (κ2) is 11.0. The normalized spacial score (nSPS) is 22.7. The molecule has 0 atom stereocenters. The van der Waals surface area contributed by atoms with E-state index in [0.29, 0.717) is 0 Å². The third-order valence-corrected chi connectivity index (χ3v) is 7.62. The summed E-state index contributed by atoms with van der Waals surface area (Å²) in [7, 11) is 2.33. The molecule has 1 aromatic carbocycles. The summed E-state index contributed by atoms with van der Waals surface area (Å²) in [6.45, 7) is 8.70. The molecule has 2 saturated heterocycles. The van der Waals surface area contributed by atoms with E-state index < -0.39 is 0 Å². The lowest BCUT2D eigenvalue weighted by Gasteiger charge is -2.41. The van der Waals surface area contributed by atoms with E-state index >= 15 is 0 Å². The van der Waals surface area contributed by atoms with Crippen molar-refractivity contribution >= 4 is 0 Å². The molecule has 0 aromatic heterocycles. The number of benzene rings is 1. The zero-order chi connectivity index (χ0) is 20.7. The van der Waals surface area contributed by atoms with Gasteiger partial charge >= 0.3 is 0 Å². The molecule has 0 spiro atoms. The van der Waals surface area contributed by atoms with E-state index in [0.717, 1.165) is 57.3 Å². The van der Waals surface area contributed by atoms with Gasteiger partial charge in [0.15, 0.2) is 0 Å². The van der Waals surface area contributed by atoms with Crippen molar-refractivity contribution in [2.75, 3.05) is 59.6 Å². The Labute approximate surface area is 183 Å². The van der Waals surface area contributed by atoms with Gasteiger partial charge in [-0.05, 0) is 88.7 Å². The third kappa shape index (κ3) is 5.99. The Kier molecular flexibility index (Phi) is 8.08. The van der Waals surface area contributed by atoms with Crippen LogP contribution in [0.2, 0.25) is 0 Å². The molecule has 3 fully saturated rings. The molecule has 0 bridgehead atoms. The van der Waals surface area contributed by atoms with Gasteiger partial charge in [-0.2, -0.15) is 0 Å². The molecular formula is C26H42N2O2. The first-order chi connectivity index (χ1) is 14.7. The number of ether oxygens (including phenoxy) is 2. The average Bonchev–Trinajstić information content (AvgIpc) is 3.46. The summed E-state index contributed by atoms with van der Waals surface area (Å²) in [5.41, 5.74) is 1.69. The van der Waals surface area contributed by atoms with Crippen molar-refractivity contribution in [2.45, 2.75) is 63.2 Å². The highest BCUT2D eigenvalue weighted by Gasteiger charge is 2.36. The van der Waals surface area contributed by atoms with Gasteiger partial charge in [-0.3, -0.25) is 0 Å². The van der Waals surface area contributed by atoms with Crippen LogP contribution in [0.15, 0.2) is 24.3 Å². The lowest BCUT2D eigenvalue weighted by molar-refractivity contribution is 0.0356. The lowest BCUT2D eigenvalue weighted by Crippen LogP contribution is -2.44. The summed E-state index contributed by atoms with van der Waals surface area (Å²) in [6, 6.07) is 9.04. The fourth-order valence-electron chi connectivity index (χ4n) is 5.90. The highest BCUT2D eigenvalue weighted by Crippen LogP contribution is 2.37. The first-order valence-electron chi connectivity index (χ1n) is 12.5. The molecule has 4 heteroatoms. The minimum Gasteiger partial charge on any atom is -0.494 e. The van der Waals surface area contributed by atoms with Crippen LogP contribution in [-0.4, -0.2) is 69.4 Å². The molecule has 0 amide bonds. The van der Waals surface area contributed by atoms with Crippen LogP contribution in [0.4, 0.5) is 0 Å². The molecule has 168 valence electrons. The van der Waals surface area contributed by atoms with Gasteiger partial charge in [0.25, 0.3) is 0 Å². The SMILES string of the molecule is CN(CC1CCCC1)CC1(c2ccc(OCCCN3CCCC3)cc2)CCOCC1. The van der Waals surface area contributed by atoms with Crippen molar-refractivity contribution in [3.8, 4) is 5.75 Å². The minimum absolute atomic E-state index is 0.222. The quantitative estimate of drug-likeness (QED) is 0.517. The predicted molar refractivity (Wildman–Crippen MR) is 123 cm³/mol. The number of rotatable bonds is 10. The first kappa shape index (κ1) is 22.1. The Balaban J connectivity index is 1.31. The summed E-state index contributed by atoms with van der Waals surface area (Å²) in [5.74, 6) is 1.92. The van der Waals surface area contributed by atoms with Crippen molar-refractivity contribution in [3.05, 3.63) is 29.8 Å². The van der Waals surface area contributed by atoms with Gasteiger partial charge in [0.05, 0.1) is 6.61 Å². The van der Waals surface area contributed by atoms with Crippen molar-refractivity contribution < 1.29 is 9.47 Å². The number of hydrogen-bond acceptors (Lipinski definition) is 4. The number of nitrogens with zero attached hydrogens (tertiary/aromatic N) is 2. The van der Waals surface area contributed by atoms with Crippen molar-refractivity contribution in [3.63, 3.8) is 0 Å². The standard InChI is InChI=1S/C26H42N2O2/c1-27(21-23-7-2-3-8-23)22-26(13-19-29-20-14-26)24-9-11-25(12-10-24)30-18-6-17-28-15-4-5-16-28/h9-12,23H,2-8,13-22H2,1H3. The Morgan fingerprint density at radius 1 is 1.03 bits per heavy atom. The van der Waals surface area contributed by atoms with E-state index in [1.807, 2.05) is 0 Å². The smallest absolute Gasteiger partial charge is 0.119 e. The van der Waals surface area contributed by atoms with E-state index in [1.165, 1.54) is 70.3 Å². The predicted octanol–water partition coefficient (Wildman–Crippen LogP) is 4.72. The van der Waals surface area contributed by atoms with E-state index in [9.17, 15) is 0 Å². The Morgan fingerprint density at radius 3 is 2.43 bits per heavy atom. The van der Waals surface area contributed by atoms with Gasteiger partial charge in [0, 0.05) is 38.3 Å². The molecule has 0 unspecified atom stereocenters. The fourth-order valence-corrected chi connectivity index (χ4v) is 5.90. The Hall–Kier alpha value is -1.10. The molecular weight excluding hydrogens is 372 g/mol. The van der Waals surface area contributed by atoms with Gasteiger partial charge < -0.3 is 19.3 Å². The molecule has 2 heterocycles. The van der Waals surface area contributed by atoms with E-state index in [1.54, 1.807) is 0 Å². The maximum absolute atomic E-state index is 6.05. The van der Waals surface area contributed by atoms with Crippen LogP contribution in [0.5, 0.6) is 5.75 Å². The molecule has 4 nitrogen and oxygen atoms in total. The van der Waals surface area contributed by atoms with Gasteiger partial charge in [-0.25, -0.2) is 0 Å². The van der Waals surface area contributed by atoms with Crippen LogP contribution in [0.1, 0.15) is 63.4 Å². The molecule has 0 N–H and O–H groups in total. The summed E-state index contributed by atoms with van der Waals surface area (Å²) >= 11 is 0. The summed E-state index contributed by atoms with van der Waals surface area (Å²) in [6.07, 6.45) is 11.8. The highest BCUT2D eigenvalue weighted by atomic mass is 16.5. The fraction of sp³-hybridized carbons (Fsp3) is 0.769. The molecule has 0 radical (unpaired) electrons. The van der Waals surface area contributed by atoms with E-state index in [2.05, 4.69) is 41.1 Å². The molecule has 3 aliphatic rings. The maximum Gasteiger partial charge on any atom is 0.119 e. The van der Waals surface area contributed by atoms with E-state index in [4.69, 9.17) is 9.47 Å². The summed E-state index contributed by atoms with van der Waals surface area (Å²) in [5, 5.41) is 0. The Morgan fingerprint density at radius 2 is 1.73 bits per heavy atom. The number of likely N-dealkylation sites (tertiary alicyclic amines) is 1. The summed E-state index contributed by atoms with van der Waals surface area (Å²) in [4.78, 5) is 5.16. The molecule has 2 aliphatic heterocycles. The van der Waals surface area contributed by atoms with Crippen LogP contribution in [0, 0.1) is 5.92 Å². The van der Waals surface area contributed by atoms with Crippen molar-refractivity contribution in [1.29, 1.82) is 0 Å². The van der Waals surface area contributed by atoms with Crippen molar-refractivity contribution in [2.24, 2.45) is 5.92 Å². The van der Waals surface area contributed by atoms with Crippen LogP contribution in [0.25, 0.3) is 0 Å². The highest BCUT2D eigenvalue weighted by molar-refractivity contribution is 5.33. The monoisotopic (exact) mass is 414 g/mol.